The Balaban J connectivity index is 1.66. The molecule has 10 heteroatoms. The van der Waals surface area contributed by atoms with Gasteiger partial charge in [0.1, 0.15) is 29.6 Å². The number of nitrogens with zero attached hydrogens (tertiary/aromatic N) is 1. The van der Waals surface area contributed by atoms with Crippen LogP contribution < -0.4 is 20.1 Å². The van der Waals surface area contributed by atoms with Gasteiger partial charge in [-0.3, -0.25) is 9.59 Å². The van der Waals surface area contributed by atoms with Gasteiger partial charge in [0.2, 0.25) is 0 Å². The molecule has 0 saturated carbocycles. The molecule has 0 spiro atoms. The molecular formula is C21H23ClFN3O5. The standard InChI is InChI=1S/C21H23ClFN3O5/c1-14(26-20(27)13-31-15-3-5-17(22)18(23)11-15)7-8-24-21(28)19-6-4-16(12-25-19)30-10-9-29-2/h3-6,11-12H,1,7-10,13H2,2H3,(H,24,28)(H,26,27). The van der Waals surface area contributed by atoms with E-state index in [1.54, 1.807) is 19.2 Å². The maximum atomic E-state index is 13.3. The zero-order chi connectivity index (χ0) is 22.6. The summed E-state index contributed by atoms with van der Waals surface area (Å²) in [4.78, 5) is 28.1. The highest BCUT2D eigenvalue weighted by Crippen LogP contribution is 2.20. The summed E-state index contributed by atoms with van der Waals surface area (Å²) in [7, 11) is 1.58. The molecule has 1 aromatic heterocycles. The minimum Gasteiger partial charge on any atom is -0.490 e. The van der Waals surface area contributed by atoms with Crippen LogP contribution in [0, 0.1) is 5.82 Å². The molecule has 1 aromatic carbocycles. The molecule has 2 N–H and O–H groups in total. The second-order valence-electron chi connectivity index (χ2n) is 6.24. The van der Waals surface area contributed by atoms with Crippen molar-refractivity contribution in [1.82, 2.24) is 15.6 Å². The first kappa shape index (κ1) is 24.1. The number of carbonyl (C=O) groups is 2. The van der Waals surface area contributed by atoms with Crippen LogP contribution in [0.25, 0.3) is 0 Å². The van der Waals surface area contributed by atoms with E-state index < -0.39 is 11.7 Å². The van der Waals surface area contributed by atoms with Gasteiger partial charge >= 0.3 is 0 Å². The van der Waals surface area contributed by atoms with Crippen molar-refractivity contribution in [3.05, 3.63) is 65.3 Å². The molecule has 0 radical (unpaired) electrons. The van der Waals surface area contributed by atoms with Gasteiger partial charge in [0.25, 0.3) is 11.8 Å². The second kappa shape index (κ2) is 12.5. The molecule has 0 aliphatic rings. The van der Waals surface area contributed by atoms with Crippen LogP contribution in [0.1, 0.15) is 16.9 Å². The fourth-order valence-electron chi connectivity index (χ4n) is 2.27. The summed E-state index contributed by atoms with van der Waals surface area (Å²) in [5.74, 6) is -0.749. The van der Waals surface area contributed by atoms with Gasteiger partial charge in [0.15, 0.2) is 6.61 Å². The Morgan fingerprint density at radius 1 is 1.16 bits per heavy atom. The zero-order valence-corrected chi connectivity index (χ0v) is 17.7. The molecule has 1 heterocycles. The van der Waals surface area contributed by atoms with Crippen molar-refractivity contribution in [2.45, 2.75) is 6.42 Å². The summed E-state index contributed by atoms with van der Waals surface area (Å²) in [6.45, 7) is 4.50. The van der Waals surface area contributed by atoms with E-state index in [1.165, 1.54) is 18.3 Å². The van der Waals surface area contributed by atoms with E-state index in [4.69, 9.17) is 25.8 Å². The van der Waals surface area contributed by atoms with E-state index in [0.29, 0.717) is 31.1 Å². The first-order valence-electron chi connectivity index (χ1n) is 9.30. The molecular weight excluding hydrogens is 429 g/mol. The lowest BCUT2D eigenvalue weighted by atomic mass is 10.3. The number of hydrogen-bond donors (Lipinski definition) is 2. The predicted molar refractivity (Wildman–Crippen MR) is 113 cm³/mol. The fourth-order valence-corrected chi connectivity index (χ4v) is 2.39. The van der Waals surface area contributed by atoms with E-state index in [2.05, 4.69) is 22.2 Å². The summed E-state index contributed by atoms with van der Waals surface area (Å²) in [5, 5.41) is 5.20. The Kier molecular flexibility index (Phi) is 9.73. The van der Waals surface area contributed by atoms with Crippen LogP contribution in [0.3, 0.4) is 0 Å². The molecule has 8 nitrogen and oxygen atoms in total. The number of amides is 2. The maximum absolute atomic E-state index is 13.3. The molecule has 0 atom stereocenters. The van der Waals surface area contributed by atoms with Crippen LogP contribution in [0.4, 0.5) is 4.39 Å². The van der Waals surface area contributed by atoms with Crippen molar-refractivity contribution in [3.8, 4) is 11.5 Å². The molecule has 2 rings (SSSR count). The lowest BCUT2D eigenvalue weighted by molar-refractivity contribution is -0.122. The number of pyridine rings is 1. The summed E-state index contributed by atoms with van der Waals surface area (Å²) >= 11 is 5.59. The average molecular weight is 452 g/mol. The first-order valence-corrected chi connectivity index (χ1v) is 9.68. The third-order valence-corrected chi connectivity index (χ3v) is 4.12. The van der Waals surface area contributed by atoms with Gasteiger partial charge in [0, 0.05) is 31.8 Å². The predicted octanol–water partition coefficient (Wildman–Crippen LogP) is 2.73. The highest BCUT2D eigenvalue weighted by molar-refractivity contribution is 6.30. The highest BCUT2D eigenvalue weighted by Gasteiger charge is 2.09. The summed E-state index contributed by atoms with van der Waals surface area (Å²) in [6, 6.07) is 7.07. The van der Waals surface area contributed by atoms with Crippen molar-refractivity contribution < 1.29 is 28.2 Å². The molecule has 0 unspecified atom stereocenters. The Bertz CT molecular complexity index is 908. The van der Waals surface area contributed by atoms with Crippen LogP contribution in [0.15, 0.2) is 48.8 Å². The van der Waals surface area contributed by atoms with Gasteiger partial charge in [-0.05, 0) is 24.3 Å². The zero-order valence-electron chi connectivity index (χ0n) is 17.0. The number of ether oxygens (including phenoxy) is 3. The van der Waals surface area contributed by atoms with Crippen LogP contribution in [-0.2, 0) is 9.53 Å². The third kappa shape index (κ3) is 8.61. The minimum atomic E-state index is -0.637. The molecule has 166 valence electrons. The third-order valence-electron chi connectivity index (χ3n) is 3.81. The van der Waals surface area contributed by atoms with Gasteiger partial charge in [-0.2, -0.15) is 0 Å². The molecule has 2 aromatic rings. The van der Waals surface area contributed by atoms with Crippen molar-refractivity contribution in [3.63, 3.8) is 0 Å². The normalized spacial score (nSPS) is 10.3. The summed E-state index contributed by atoms with van der Waals surface area (Å²) in [5.41, 5.74) is 0.628. The molecule has 0 fully saturated rings. The average Bonchev–Trinajstić information content (AvgIpc) is 2.75. The lowest BCUT2D eigenvalue weighted by Crippen LogP contribution is -2.31. The molecule has 0 bridgehead atoms. The van der Waals surface area contributed by atoms with E-state index in [9.17, 15) is 14.0 Å². The number of nitrogens with one attached hydrogen (secondary N) is 2. The number of aromatic nitrogens is 1. The van der Waals surface area contributed by atoms with Gasteiger partial charge in [0.05, 0.1) is 17.8 Å². The number of halogens is 2. The highest BCUT2D eigenvalue weighted by atomic mass is 35.5. The topological polar surface area (TPSA) is 98.8 Å². The van der Waals surface area contributed by atoms with Gasteiger partial charge in [-0.25, -0.2) is 9.37 Å². The van der Waals surface area contributed by atoms with Gasteiger partial charge < -0.3 is 24.8 Å². The molecule has 0 aliphatic heterocycles. The SMILES string of the molecule is C=C(CCNC(=O)c1ccc(OCCOC)cn1)NC(=O)COc1ccc(Cl)c(F)c1. The number of hydrogen-bond acceptors (Lipinski definition) is 6. The van der Waals surface area contributed by atoms with E-state index in [1.807, 2.05) is 0 Å². The van der Waals surface area contributed by atoms with Crippen molar-refractivity contribution in [2.24, 2.45) is 0 Å². The van der Waals surface area contributed by atoms with Crippen molar-refractivity contribution in [1.29, 1.82) is 0 Å². The first-order chi connectivity index (χ1) is 14.9. The minimum absolute atomic E-state index is 0.0335. The fraction of sp³-hybridized carbons (Fsp3) is 0.286. The smallest absolute Gasteiger partial charge is 0.269 e. The number of rotatable bonds is 12. The lowest BCUT2D eigenvalue weighted by Gasteiger charge is -2.11. The second-order valence-corrected chi connectivity index (χ2v) is 6.65. The van der Waals surface area contributed by atoms with Crippen molar-refractivity contribution in [2.75, 3.05) is 33.5 Å². The van der Waals surface area contributed by atoms with E-state index in [-0.39, 0.29) is 35.5 Å². The number of carbonyl (C=O) groups excluding carboxylic acids is 2. The van der Waals surface area contributed by atoms with Crippen LogP contribution in [0.2, 0.25) is 5.02 Å². The number of benzene rings is 1. The van der Waals surface area contributed by atoms with Crippen molar-refractivity contribution >= 4 is 23.4 Å². The largest absolute Gasteiger partial charge is 0.490 e. The Hall–Kier alpha value is -3.17. The quantitative estimate of drug-likeness (QED) is 0.481. The van der Waals surface area contributed by atoms with Crippen LogP contribution in [0.5, 0.6) is 11.5 Å². The van der Waals surface area contributed by atoms with Gasteiger partial charge in [-0.15, -0.1) is 0 Å². The molecule has 31 heavy (non-hydrogen) atoms. The van der Waals surface area contributed by atoms with E-state index >= 15 is 0 Å². The van der Waals surface area contributed by atoms with Crippen LogP contribution >= 0.6 is 11.6 Å². The molecule has 2 amide bonds. The number of methoxy groups -OCH3 is 1. The molecule has 0 aliphatic carbocycles. The molecule has 0 saturated heterocycles. The van der Waals surface area contributed by atoms with Gasteiger partial charge in [-0.1, -0.05) is 18.2 Å². The monoisotopic (exact) mass is 451 g/mol. The Morgan fingerprint density at radius 2 is 1.94 bits per heavy atom. The maximum Gasteiger partial charge on any atom is 0.269 e. The summed E-state index contributed by atoms with van der Waals surface area (Å²) < 4.78 is 28.8. The van der Waals surface area contributed by atoms with Crippen LogP contribution in [-0.4, -0.2) is 50.3 Å². The summed E-state index contributed by atoms with van der Waals surface area (Å²) in [6.07, 6.45) is 1.77. The van der Waals surface area contributed by atoms with E-state index in [0.717, 1.165) is 6.07 Å². The Labute approximate surface area is 184 Å². The Morgan fingerprint density at radius 3 is 2.61 bits per heavy atom.